The number of nitrogens with zero attached hydrogens (tertiary/aromatic N) is 4. The van der Waals surface area contributed by atoms with Gasteiger partial charge in [-0.15, -0.1) is 0 Å². The number of carbonyl (C=O) groups excluding carboxylic acids is 3. The topological polar surface area (TPSA) is 109 Å². The predicted octanol–water partition coefficient (Wildman–Crippen LogP) is 3.43. The summed E-state index contributed by atoms with van der Waals surface area (Å²) in [4.78, 5) is 43.6. The number of anilines is 3. The van der Waals surface area contributed by atoms with Gasteiger partial charge in [0.1, 0.15) is 6.54 Å². The summed E-state index contributed by atoms with van der Waals surface area (Å²) in [6, 6.07) is 19.2. The summed E-state index contributed by atoms with van der Waals surface area (Å²) in [6.45, 7) is 1.73. The van der Waals surface area contributed by atoms with Crippen LogP contribution in [0.15, 0.2) is 79.1 Å². The first-order valence-corrected chi connectivity index (χ1v) is 10.6. The molecule has 0 saturated carbocycles. The normalized spacial score (nSPS) is 12.6. The van der Waals surface area contributed by atoms with Crippen LogP contribution < -0.4 is 15.5 Å². The minimum Gasteiger partial charge on any atom is -0.323 e. The Labute approximate surface area is 195 Å². The molecule has 0 aliphatic carbocycles. The van der Waals surface area contributed by atoms with Crippen molar-refractivity contribution < 1.29 is 14.4 Å². The van der Waals surface area contributed by atoms with Gasteiger partial charge in [0.15, 0.2) is 5.82 Å². The Hall–Kier alpha value is -4.79. The largest absolute Gasteiger partial charge is 0.323 e. The maximum atomic E-state index is 13.1. The van der Waals surface area contributed by atoms with Crippen molar-refractivity contribution in [2.45, 2.75) is 6.92 Å². The molecule has 0 saturated heterocycles. The van der Waals surface area contributed by atoms with Crippen LogP contribution in [0.25, 0.3) is 5.82 Å². The molecule has 0 atom stereocenters. The fraction of sp³-hybridized carbons (Fsp3) is 0.0800. The molecule has 2 aromatic heterocycles. The number of amides is 3. The molecule has 9 nitrogen and oxygen atoms in total. The van der Waals surface area contributed by atoms with E-state index in [1.807, 2.05) is 24.3 Å². The number of pyridine rings is 1. The van der Waals surface area contributed by atoms with Crippen LogP contribution in [0.1, 0.15) is 26.4 Å². The van der Waals surface area contributed by atoms with E-state index >= 15 is 0 Å². The summed E-state index contributed by atoms with van der Waals surface area (Å²) in [6.07, 6.45) is 3.16. The Balaban J connectivity index is 1.32. The molecule has 0 radical (unpaired) electrons. The maximum absolute atomic E-state index is 13.1. The number of benzene rings is 2. The number of hydrogen-bond donors (Lipinski definition) is 2. The number of carbonyl (C=O) groups is 3. The predicted molar refractivity (Wildman–Crippen MR) is 127 cm³/mol. The van der Waals surface area contributed by atoms with Crippen LogP contribution in [0.2, 0.25) is 0 Å². The molecule has 0 unspecified atom stereocenters. The fourth-order valence-electron chi connectivity index (χ4n) is 3.81. The first-order valence-electron chi connectivity index (χ1n) is 10.6. The smallest absolute Gasteiger partial charge is 0.259 e. The maximum Gasteiger partial charge on any atom is 0.259 e. The minimum absolute atomic E-state index is 0.0616. The zero-order valence-corrected chi connectivity index (χ0v) is 18.2. The second-order valence-electron chi connectivity index (χ2n) is 7.73. The zero-order chi connectivity index (χ0) is 23.7. The van der Waals surface area contributed by atoms with Gasteiger partial charge in [0.25, 0.3) is 11.8 Å². The zero-order valence-electron chi connectivity index (χ0n) is 18.2. The van der Waals surface area contributed by atoms with E-state index in [-0.39, 0.29) is 24.3 Å². The highest BCUT2D eigenvalue weighted by molar-refractivity contribution is 6.15. The molecule has 0 bridgehead atoms. The van der Waals surface area contributed by atoms with E-state index in [2.05, 4.69) is 20.7 Å². The average molecular weight is 452 g/mol. The fourth-order valence-corrected chi connectivity index (χ4v) is 3.81. The molecule has 1 aliphatic rings. The molecule has 0 fully saturated rings. The second-order valence-corrected chi connectivity index (χ2v) is 7.73. The third kappa shape index (κ3) is 3.90. The van der Waals surface area contributed by atoms with E-state index in [1.54, 1.807) is 60.3 Å². The lowest BCUT2D eigenvalue weighted by atomic mass is 10.1. The molecule has 2 N–H and O–H groups in total. The minimum atomic E-state index is -0.319. The molecule has 34 heavy (non-hydrogen) atoms. The lowest BCUT2D eigenvalue weighted by Crippen LogP contribution is -2.42. The monoisotopic (exact) mass is 452 g/mol. The van der Waals surface area contributed by atoms with Gasteiger partial charge in [-0.3, -0.25) is 19.3 Å². The van der Waals surface area contributed by atoms with Crippen LogP contribution in [0.5, 0.6) is 0 Å². The Morgan fingerprint density at radius 1 is 1.00 bits per heavy atom. The Bertz CT molecular complexity index is 1400. The summed E-state index contributed by atoms with van der Waals surface area (Å²) in [5.74, 6) is -0.250. The number of fused-ring (bicyclic) bond motifs is 1. The van der Waals surface area contributed by atoms with Gasteiger partial charge in [0.05, 0.1) is 28.8 Å². The lowest BCUT2D eigenvalue weighted by Gasteiger charge is -2.29. The highest BCUT2D eigenvalue weighted by Crippen LogP contribution is 2.30. The quantitative estimate of drug-likeness (QED) is 0.493. The molecule has 0 spiro atoms. The Kier molecular flexibility index (Phi) is 5.35. The van der Waals surface area contributed by atoms with Crippen LogP contribution in [0.4, 0.5) is 17.1 Å². The molecule has 5 rings (SSSR count). The van der Waals surface area contributed by atoms with Gasteiger partial charge in [0, 0.05) is 17.4 Å². The van der Waals surface area contributed by atoms with Crippen LogP contribution >= 0.6 is 0 Å². The van der Waals surface area contributed by atoms with Gasteiger partial charge in [-0.05, 0) is 55.5 Å². The average Bonchev–Trinajstić information content (AvgIpc) is 3.25. The number of aromatic nitrogens is 3. The van der Waals surface area contributed by atoms with Crippen molar-refractivity contribution >= 4 is 34.8 Å². The summed E-state index contributed by atoms with van der Waals surface area (Å²) in [7, 11) is 0. The molecular formula is C25H20N6O3. The van der Waals surface area contributed by atoms with Gasteiger partial charge in [-0.25, -0.2) is 9.67 Å². The van der Waals surface area contributed by atoms with Gasteiger partial charge < -0.3 is 10.6 Å². The Morgan fingerprint density at radius 2 is 1.76 bits per heavy atom. The van der Waals surface area contributed by atoms with Crippen LogP contribution in [0, 0.1) is 6.92 Å². The molecule has 3 heterocycles. The summed E-state index contributed by atoms with van der Waals surface area (Å²) in [5, 5.41) is 9.87. The van der Waals surface area contributed by atoms with Gasteiger partial charge >= 0.3 is 0 Å². The lowest BCUT2D eigenvalue weighted by molar-refractivity contribution is -0.115. The Morgan fingerprint density at radius 3 is 2.53 bits per heavy atom. The molecular weight excluding hydrogens is 432 g/mol. The third-order valence-electron chi connectivity index (χ3n) is 5.53. The standard InChI is InChI=1S/C25H20N6O3/c1-16-19(14-27-31(16)22-8-4-5-13-26-22)24(33)28-18-11-9-17(10-12-18)25(34)30-15-23(32)29-20-6-2-3-7-21(20)30/h2-14H,15H2,1H3,(H,28,33)(H,29,32). The van der Waals surface area contributed by atoms with Crippen molar-refractivity contribution in [3.8, 4) is 5.82 Å². The van der Waals surface area contributed by atoms with Crippen LogP contribution in [-0.4, -0.2) is 39.0 Å². The van der Waals surface area contributed by atoms with Crippen molar-refractivity contribution in [2.24, 2.45) is 0 Å². The SMILES string of the molecule is Cc1c(C(=O)Nc2ccc(C(=O)N3CC(=O)Nc4ccccc43)cc2)cnn1-c1ccccn1. The third-order valence-corrected chi connectivity index (χ3v) is 5.53. The van der Waals surface area contributed by atoms with Crippen LogP contribution in [0.3, 0.4) is 0 Å². The van der Waals surface area contributed by atoms with Gasteiger partial charge in [-0.2, -0.15) is 5.10 Å². The molecule has 4 aromatic rings. The van der Waals surface area contributed by atoms with Crippen molar-refractivity contribution in [1.82, 2.24) is 14.8 Å². The molecule has 2 aromatic carbocycles. The van der Waals surface area contributed by atoms with E-state index in [9.17, 15) is 14.4 Å². The summed E-state index contributed by atoms with van der Waals surface area (Å²) < 4.78 is 1.60. The molecule has 3 amide bonds. The van der Waals surface area contributed by atoms with Gasteiger partial charge in [0.2, 0.25) is 5.91 Å². The van der Waals surface area contributed by atoms with E-state index in [4.69, 9.17) is 0 Å². The van der Waals surface area contributed by atoms with Crippen molar-refractivity contribution in [1.29, 1.82) is 0 Å². The summed E-state index contributed by atoms with van der Waals surface area (Å²) >= 11 is 0. The number of nitrogens with one attached hydrogen (secondary N) is 2. The number of rotatable bonds is 4. The molecule has 9 heteroatoms. The van der Waals surface area contributed by atoms with Crippen molar-refractivity contribution in [3.63, 3.8) is 0 Å². The van der Waals surface area contributed by atoms with Gasteiger partial charge in [-0.1, -0.05) is 18.2 Å². The van der Waals surface area contributed by atoms with Crippen LogP contribution in [-0.2, 0) is 4.79 Å². The van der Waals surface area contributed by atoms with Crippen molar-refractivity contribution in [3.05, 3.63) is 95.9 Å². The highest BCUT2D eigenvalue weighted by Gasteiger charge is 2.27. The first kappa shape index (κ1) is 21.1. The number of hydrogen-bond acceptors (Lipinski definition) is 5. The van der Waals surface area contributed by atoms with E-state index in [0.29, 0.717) is 39.7 Å². The number of para-hydroxylation sites is 2. The van der Waals surface area contributed by atoms with Crippen molar-refractivity contribution in [2.75, 3.05) is 22.1 Å². The molecule has 1 aliphatic heterocycles. The first-order chi connectivity index (χ1) is 16.5. The summed E-state index contributed by atoms with van der Waals surface area (Å²) in [5.41, 5.74) is 3.25. The van der Waals surface area contributed by atoms with E-state index < -0.39 is 0 Å². The second kappa shape index (κ2) is 8.62. The highest BCUT2D eigenvalue weighted by atomic mass is 16.2. The molecule has 168 valence electrons. The van der Waals surface area contributed by atoms with E-state index in [0.717, 1.165) is 0 Å². The van der Waals surface area contributed by atoms with E-state index in [1.165, 1.54) is 11.1 Å².